The molecule has 0 aromatic carbocycles. The lowest BCUT2D eigenvalue weighted by Crippen LogP contribution is -2.14. The van der Waals surface area contributed by atoms with Crippen LogP contribution < -0.4 is 0 Å². The van der Waals surface area contributed by atoms with Crippen LogP contribution in [0.1, 0.15) is 13.3 Å². The normalized spacial score (nSPS) is 9.33. The molecule has 0 aliphatic rings. The van der Waals surface area contributed by atoms with Gasteiger partial charge >= 0.3 is 0 Å². The predicted octanol–water partition coefficient (Wildman–Crippen LogP) is 1.06. The molecule has 12 heavy (non-hydrogen) atoms. The van der Waals surface area contributed by atoms with E-state index in [1.54, 1.807) is 0 Å². The fourth-order valence-electron chi connectivity index (χ4n) is 0.619. The van der Waals surface area contributed by atoms with Crippen molar-refractivity contribution in [3.8, 4) is 0 Å². The zero-order chi connectivity index (χ0) is 9.23. The van der Waals surface area contributed by atoms with Crippen LogP contribution in [0.15, 0.2) is 10.1 Å². The molecule has 0 fully saturated rings. The average Bonchev–Trinajstić information content (AvgIpc) is 2.02. The van der Waals surface area contributed by atoms with Gasteiger partial charge in [-0.2, -0.15) is 0 Å². The molecule has 0 aliphatic carbocycles. The van der Waals surface area contributed by atoms with Gasteiger partial charge in [0.15, 0.2) is 0 Å². The minimum Gasteiger partial charge on any atom is -0.387 e. The summed E-state index contributed by atoms with van der Waals surface area (Å²) in [7, 11) is 4.06. The first kappa shape index (κ1) is 11.1. The Morgan fingerprint density at radius 2 is 2.17 bits per heavy atom. The first-order valence-corrected chi connectivity index (χ1v) is 4.15. The van der Waals surface area contributed by atoms with E-state index in [4.69, 9.17) is 4.84 Å². The Morgan fingerprint density at radius 1 is 1.42 bits per heavy atom. The Bertz CT molecular complexity index is 150. The van der Waals surface area contributed by atoms with Gasteiger partial charge in [-0.05, 0) is 32.6 Å². The Kier molecular flexibility index (Phi) is 7.65. The van der Waals surface area contributed by atoms with E-state index in [2.05, 4.69) is 21.1 Å². The predicted molar refractivity (Wildman–Crippen MR) is 49.5 cm³/mol. The minimum absolute atomic E-state index is 0.629. The first-order chi connectivity index (χ1) is 5.77. The summed E-state index contributed by atoms with van der Waals surface area (Å²) >= 11 is 0. The fourth-order valence-corrected chi connectivity index (χ4v) is 0.619. The number of nitrogens with zero attached hydrogens (tertiary/aromatic N) is 3. The van der Waals surface area contributed by atoms with E-state index >= 15 is 0 Å². The molecule has 0 aromatic heterocycles. The maximum absolute atomic E-state index is 4.88. The van der Waals surface area contributed by atoms with Gasteiger partial charge in [0.25, 0.3) is 0 Å². The molecular weight excluding hydrogens is 154 g/mol. The monoisotopic (exact) mass is 171 g/mol. The molecule has 4 heteroatoms. The van der Waals surface area contributed by atoms with Crippen molar-refractivity contribution < 1.29 is 4.84 Å². The number of hydrogen-bond donors (Lipinski definition) is 0. The summed E-state index contributed by atoms with van der Waals surface area (Å²) in [5.41, 5.74) is 0. The fraction of sp³-hybridized carbons (Fsp3) is 0.875. The van der Waals surface area contributed by atoms with Crippen LogP contribution in [0.25, 0.3) is 0 Å². The highest BCUT2D eigenvalue weighted by Crippen LogP contribution is 1.84. The highest BCUT2D eigenvalue weighted by atomic mass is 16.6. The number of rotatable bonds is 6. The molecular formula is C8H17N3O. The molecule has 0 aromatic rings. The Labute approximate surface area is 73.9 Å². The van der Waals surface area contributed by atoms with Crippen LogP contribution in [0.5, 0.6) is 0 Å². The zero-order valence-electron chi connectivity index (χ0n) is 8.08. The van der Waals surface area contributed by atoms with Crippen LogP contribution in [-0.4, -0.2) is 44.7 Å². The highest BCUT2D eigenvalue weighted by molar-refractivity contribution is 5.39. The van der Waals surface area contributed by atoms with E-state index in [1.807, 2.05) is 21.0 Å². The molecule has 0 heterocycles. The summed E-state index contributed by atoms with van der Waals surface area (Å²) in [6, 6.07) is 2.44. The third-order valence-corrected chi connectivity index (χ3v) is 1.18. The van der Waals surface area contributed by atoms with Gasteiger partial charge in [0.1, 0.15) is 12.6 Å². The van der Waals surface area contributed by atoms with E-state index in [-0.39, 0.29) is 0 Å². The molecule has 0 saturated heterocycles. The maximum Gasteiger partial charge on any atom is 0.135 e. The lowest BCUT2D eigenvalue weighted by molar-refractivity contribution is 0.137. The van der Waals surface area contributed by atoms with Crippen molar-refractivity contribution in [2.75, 3.05) is 33.8 Å². The molecule has 0 spiro atoms. The molecule has 0 saturated carbocycles. The molecule has 0 amide bonds. The summed E-state index contributed by atoms with van der Waals surface area (Å²) in [4.78, 5) is 10.7. The van der Waals surface area contributed by atoms with Gasteiger partial charge in [0, 0.05) is 13.1 Å². The SMILES string of the molecule is CCN=C=NOCCCN(C)C. The lowest BCUT2D eigenvalue weighted by atomic mass is 10.4. The summed E-state index contributed by atoms with van der Waals surface area (Å²) in [5, 5.41) is 3.52. The van der Waals surface area contributed by atoms with Crippen molar-refractivity contribution >= 4 is 6.01 Å². The zero-order valence-corrected chi connectivity index (χ0v) is 8.08. The van der Waals surface area contributed by atoms with Crippen molar-refractivity contribution in [3.05, 3.63) is 0 Å². The second-order valence-electron chi connectivity index (χ2n) is 2.66. The van der Waals surface area contributed by atoms with Crippen LogP contribution >= 0.6 is 0 Å². The van der Waals surface area contributed by atoms with E-state index < -0.39 is 0 Å². The minimum atomic E-state index is 0.629. The van der Waals surface area contributed by atoms with Crippen molar-refractivity contribution in [1.82, 2.24) is 4.90 Å². The third-order valence-electron chi connectivity index (χ3n) is 1.18. The van der Waals surface area contributed by atoms with Crippen LogP contribution in [0, 0.1) is 0 Å². The number of aliphatic imine (C=N–C) groups is 1. The Hall–Kier alpha value is -0.860. The van der Waals surface area contributed by atoms with Gasteiger partial charge in [0.2, 0.25) is 0 Å². The largest absolute Gasteiger partial charge is 0.387 e. The first-order valence-electron chi connectivity index (χ1n) is 4.15. The maximum atomic E-state index is 4.88. The molecule has 0 N–H and O–H groups in total. The topological polar surface area (TPSA) is 37.2 Å². The van der Waals surface area contributed by atoms with Crippen LogP contribution in [0.3, 0.4) is 0 Å². The lowest BCUT2D eigenvalue weighted by Gasteiger charge is -2.06. The highest BCUT2D eigenvalue weighted by Gasteiger charge is 1.88. The van der Waals surface area contributed by atoms with Gasteiger partial charge in [-0.25, -0.2) is 4.99 Å². The van der Waals surface area contributed by atoms with E-state index in [9.17, 15) is 0 Å². The van der Waals surface area contributed by atoms with E-state index in [0.29, 0.717) is 13.2 Å². The molecule has 0 aliphatic heterocycles. The van der Waals surface area contributed by atoms with E-state index in [1.165, 1.54) is 0 Å². The third kappa shape index (κ3) is 9.14. The van der Waals surface area contributed by atoms with E-state index in [0.717, 1.165) is 13.0 Å². The smallest absolute Gasteiger partial charge is 0.135 e. The molecule has 0 atom stereocenters. The summed E-state index contributed by atoms with van der Waals surface area (Å²) < 4.78 is 0. The van der Waals surface area contributed by atoms with Gasteiger partial charge in [-0.15, -0.1) is 0 Å². The van der Waals surface area contributed by atoms with Crippen molar-refractivity contribution in [3.63, 3.8) is 0 Å². The Morgan fingerprint density at radius 3 is 2.75 bits per heavy atom. The molecule has 4 nitrogen and oxygen atoms in total. The molecule has 70 valence electrons. The van der Waals surface area contributed by atoms with Crippen LogP contribution in [-0.2, 0) is 4.84 Å². The van der Waals surface area contributed by atoms with Gasteiger partial charge in [0.05, 0.1) is 0 Å². The van der Waals surface area contributed by atoms with Crippen molar-refractivity contribution in [1.29, 1.82) is 0 Å². The quantitative estimate of drug-likeness (QED) is 0.340. The van der Waals surface area contributed by atoms with Crippen LogP contribution in [0.4, 0.5) is 0 Å². The van der Waals surface area contributed by atoms with Crippen molar-refractivity contribution in [2.45, 2.75) is 13.3 Å². The Balaban J connectivity index is 3.16. The molecule has 0 rings (SSSR count). The van der Waals surface area contributed by atoms with Gasteiger partial charge in [-0.1, -0.05) is 0 Å². The standard InChI is InChI=1S/C8H17N3O/c1-4-9-8-10-12-7-5-6-11(2)3/h4-7H2,1-3H3. The second-order valence-corrected chi connectivity index (χ2v) is 2.66. The summed E-state index contributed by atoms with van der Waals surface area (Å²) in [5.74, 6) is 0. The number of hydrogen-bond acceptors (Lipinski definition) is 4. The van der Waals surface area contributed by atoms with Crippen molar-refractivity contribution in [2.24, 2.45) is 10.1 Å². The average molecular weight is 171 g/mol. The second kappa shape index (κ2) is 8.24. The summed E-state index contributed by atoms with van der Waals surface area (Å²) in [6.07, 6.45) is 0.976. The van der Waals surface area contributed by atoms with Gasteiger partial charge in [-0.3, -0.25) is 0 Å². The molecule has 0 bridgehead atoms. The molecule has 0 unspecified atom stereocenters. The summed E-state index contributed by atoms with van der Waals surface area (Å²) in [6.45, 7) is 4.27. The molecule has 0 radical (unpaired) electrons. The van der Waals surface area contributed by atoms with Gasteiger partial charge < -0.3 is 9.74 Å². The van der Waals surface area contributed by atoms with Crippen LogP contribution in [0.2, 0.25) is 0 Å².